The van der Waals surface area contributed by atoms with Gasteiger partial charge in [-0.3, -0.25) is 4.98 Å². The van der Waals surface area contributed by atoms with Crippen molar-refractivity contribution in [2.45, 2.75) is 45.6 Å². The molecule has 1 aromatic heterocycles. The highest BCUT2D eigenvalue weighted by Crippen LogP contribution is 2.41. The lowest BCUT2D eigenvalue weighted by Gasteiger charge is -2.24. The number of aromatic nitrogens is 1. The second-order valence-corrected chi connectivity index (χ2v) is 9.68. The predicted octanol–water partition coefficient (Wildman–Crippen LogP) is 7.08. The molecule has 0 bridgehead atoms. The van der Waals surface area contributed by atoms with Crippen molar-refractivity contribution in [2.75, 3.05) is 13.2 Å². The van der Waals surface area contributed by atoms with Gasteiger partial charge in [0.15, 0.2) is 11.6 Å². The minimum absolute atomic E-state index is 0.0579. The summed E-state index contributed by atoms with van der Waals surface area (Å²) in [4.78, 5) is 4.62. The molecule has 0 saturated carbocycles. The van der Waals surface area contributed by atoms with E-state index in [4.69, 9.17) is 4.74 Å². The van der Waals surface area contributed by atoms with Crippen molar-refractivity contribution >= 4 is 10.9 Å². The molecule has 0 amide bonds. The molecule has 5 rings (SSSR count). The molecule has 1 unspecified atom stereocenters. The normalized spacial score (nSPS) is 15.8. The molecule has 6 heteroatoms. The van der Waals surface area contributed by atoms with Crippen LogP contribution in [0, 0.1) is 25.5 Å². The average Bonchev–Trinajstić information content (AvgIpc) is 2.85. The quantitative estimate of drug-likeness (QED) is 0.304. The van der Waals surface area contributed by atoms with Gasteiger partial charge in [-0.25, -0.2) is 8.78 Å². The highest BCUT2D eigenvalue weighted by Gasteiger charge is 2.19. The third kappa shape index (κ3) is 5.05. The van der Waals surface area contributed by atoms with E-state index in [2.05, 4.69) is 42.3 Å². The fraction of sp³-hybridized carbons (Fsp3) is 0.300. The summed E-state index contributed by atoms with van der Waals surface area (Å²) in [6, 6.07) is 13.7. The molecule has 4 nitrogen and oxygen atoms in total. The number of halogens is 2. The number of rotatable bonds is 6. The molecule has 1 fully saturated rings. The maximum atomic E-state index is 14.0. The highest BCUT2D eigenvalue weighted by molar-refractivity contribution is 5.96. The Morgan fingerprint density at radius 1 is 0.944 bits per heavy atom. The summed E-state index contributed by atoms with van der Waals surface area (Å²) in [6.45, 7) is 5.67. The van der Waals surface area contributed by atoms with Gasteiger partial charge >= 0.3 is 0 Å². The molecular formula is C30H30F2N2O2. The summed E-state index contributed by atoms with van der Waals surface area (Å²) < 4.78 is 34.0. The summed E-state index contributed by atoms with van der Waals surface area (Å²) in [5.74, 6) is -1.29. The van der Waals surface area contributed by atoms with Gasteiger partial charge in [-0.15, -0.1) is 0 Å². The molecule has 1 aliphatic rings. The topological polar surface area (TPSA) is 54.4 Å². The Labute approximate surface area is 210 Å². The number of phenolic OH excluding ortho intramolecular Hbond substituents is 1. The number of phenols is 1. The zero-order chi connectivity index (χ0) is 25.2. The Morgan fingerprint density at radius 3 is 2.47 bits per heavy atom. The molecule has 1 saturated heterocycles. The first kappa shape index (κ1) is 24.2. The lowest BCUT2D eigenvalue weighted by Crippen LogP contribution is -2.35. The number of hydrogen-bond acceptors (Lipinski definition) is 4. The Morgan fingerprint density at radius 2 is 1.75 bits per heavy atom. The van der Waals surface area contributed by atoms with Crippen LogP contribution in [0.25, 0.3) is 33.2 Å². The number of aryl methyl sites for hydroxylation is 2. The third-order valence-corrected chi connectivity index (χ3v) is 6.82. The summed E-state index contributed by atoms with van der Waals surface area (Å²) in [6.07, 6.45) is 6.23. The minimum atomic E-state index is -0.967. The van der Waals surface area contributed by atoms with Gasteiger partial charge < -0.3 is 15.2 Å². The summed E-state index contributed by atoms with van der Waals surface area (Å²) in [5.41, 5.74) is 5.45. The Balaban J connectivity index is 1.62. The van der Waals surface area contributed by atoms with Crippen molar-refractivity contribution in [3.63, 3.8) is 0 Å². The van der Waals surface area contributed by atoms with Crippen LogP contribution in [-0.2, 0) is 0 Å². The molecule has 186 valence electrons. The van der Waals surface area contributed by atoms with Gasteiger partial charge in [0.2, 0.25) is 0 Å². The van der Waals surface area contributed by atoms with E-state index in [-0.39, 0.29) is 5.75 Å². The summed E-state index contributed by atoms with van der Waals surface area (Å²) in [5, 5.41) is 15.0. The number of piperidine rings is 1. The Hall–Kier alpha value is -3.51. The zero-order valence-electron chi connectivity index (χ0n) is 20.6. The standard InChI is InChI=1S/C30H30F2N2O2/c1-18-11-19(2)13-21(12-18)25-17-34-28-16-29(35)23(20-6-7-26(31)27(32)14-20)15-24(28)30(25)36-10-8-22-5-3-4-9-33-22/h6-7,11-17,22,33,35H,3-5,8-10H2,1-2H3. The Kier molecular flexibility index (Phi) is 6.88. The van der Waals surface area contributed by atoms with Crippen LogP contribution in [0.2, 0.25) is 0 Å². The van der Waals surface area contributed by atoms with E-state index < -0.39 is 11.6 Å². The monoisotopic (exact) mass is 488 g/mol. The first-order chi connectivity index (χ1) is 17.4. The van der Waals surface area contributed by atoms with Gasteiger partial charge in [-0.1, -0.05) is 41.8 Å². The van der Waals surface area contributed by atoms with E-state index in [1.165, 1.54) is 18.9 Å². The number of benzene rings is 3. The molecule has 1 aliphatic heterocycles. The van der Waals surface area contributed by atoms with Crippen LogP contribution in [0.3, 0.4) is 0 Å². The largest absolute Gasteiger partial charge is 0.507 e. The lowest BCUT2D eigenvalue weighted by atomic mass is 9.97. The molecule has 0 radical (unpaired) electrons. The molecule has 2 heterocycles. The smallest absolute Gasteiger partial charge is 0.159 e. The van der Waals surface area contributed by atoms with Gasteiger partial charge in [0.25, 0.3) is 0 Å². The van der Waals surface area contributed by atoms with Crippen molar-refractivity contribution in [3.8, 4) is 33.8 Å². The number of aromatic hydroxyl groups is 1. The van der Waals surface area contributed by atoms with Crippen LogP contribution < -0.4 is 10.1 Å². The fourth-order valence-corrected chi connectivity index (χ4v) is 5.06. The summed E-state index contributed by atoms with van der Waals surface area (Å²) >= 11 is 0. The number of nitrogens with zero attached hydrogens (tertiary/aromatic N) is 1. The molecular weight excluding hydrogens is 458 g/mol. The average molecular weight is 489 g/mol. The number of hydrogen-bond donors (Lipinski definition) is 2. The van der Waals surface area contributed by atoms with Gasteiger partial charge in [0, 0.05) is 34.8 Å². The van der Waals surface area contributed by atoms with Gasteiger partial charge in [0.1, 0.15) is 11.5 Å². The number of nitrogens with one attached hydrogen (secondary N) is 1. The van der Waals surface area contributed by atoms with Crippen LogP contribution in [0.4, 0.5) is 8.78 Å². The van der Waals surface area contributed by atoms with E-state index >= 15 is 0 Å². The van der Waals surface area contributed by atoms with E-state index in [1.54, 1.807) is 18.3 Å². The molecule has 36 heavy (non-hydrogen) atoms. The van der Waals surface area contributed by atoms with Gasteiger partial charge in [-0.05, 0) is 69.0 Å². The number of fused-ring (bicyclic) bond motifs is 1. The fourth-order valence-electron chi connectivity index (χ4n) is 5.06. The van der Waals surface area contributed by atoms with Crippen LogP contribution in [0.1, 0.15) is 36.8 Å². The molecule has 1 atom stereocenters. The molecule has 4 aromatic rings. The molecule has 0 spiro atoms. The van der Waals surface area contributed by atoms with E-state index in [0.29, 0.717) is 40.4 Å². The first-order valence-corrected chi connectivity index (χ1v) is 12.4. The SMILES string of the molecule is Cc1cc(C)cc(-c2cnc3cc(O)c(-c4ccc(F)c(F)c4)cc3c2OCCC2CCCCN2)c1. The van der Waals surface area contributed by atoms with Crippen molar-refractivity contribution in [1.29, 1.82) is 0 Å². The lowest BCUT2D eigenvalue weighted by molar-refractivity contribution is 0.271. The van der Waals surface area contributed by atoms with Crippen LogP contribution >= 0.6 is 0 Å². The highest BCUT2D eigenvalue weighted by atomic mass is 19.2. The Bertz CT molecular complexity index is 1390. The zero-order valence-corrected chi connectivity index (χ0v) is 20.6. The minimum Gasteiger partial charge on any atom is -0.507 e. The van der Waals surface area contributed by atoms with E-state index in [9.17, 15) is 13.9 Å². The van der Waals surface area contributed by atoms with Gasteiger partial charge in [-0.2, -0.15) is 0 Å². The number of ether oxygens (including phenoxy) is 1. The van der Waals surface area contributed by atoms with Crippen LogP contribution in [-0.4, -0.2) is 29.3 Å². The van der Waals surface area contributed by atoms with E-state index in [0.717, 1.165) is 53.8 Å². The predicted molar refractivity (Wildman–Crippen MR) is 139 cm³/mol. The molecule has 0 aliphatic carbocycles. The third-order valence-electron chi connectivity index (χ3n) is 6.82. The van der Waals surface area contributed by atoms with Crippen LogP contribution in [0.5, 0.6) is 11.5 Å². The van der Waals surface area contributed by atoms with Gasteiger partial charge in [0.05, 0.1) is 12.1 Å². The van der Waals surface area contributed by atoms with Crippen molar-refractivity contribution < 1.29 is 18.6 Å². The maximum Gasteiger partial charge on any atom is 0.159 e. The molecule has 3 aromatic carbocycles. The van der Waals surface area contributed by atoms with Crippen molar-refractivity contribution in [2.24, 2.45) is 0 Å². The summed E-state index contributed by atoms with van der Waals surface area (Å²) in [7, 11) is 0. The second kappa shape index (κ2) is 10.2. The number of pyridine rings is 1. The second-order valence-electron chi connectivity index (χ2n) is 9.68. The molecule has 2 N–H and O–H groups in total. The first-order valence-electron chi connectivity index (χ1n) is 12.4. The van der Waals surface area contributed by atoms with Crippen molar-refractivity contribution in [1.82, 2.24) is 10.3 Å². The maximum absolute atomic E-state index is 14.0. The van der Waals surface area contributed by atoms with Crippen molar-refractivity contribution in [3.05, 3.63) is 77.5 Å². The van der Waals surface area contributed by atoms with E-state index in [1.807, 2.05) is 0 Å². The van der Waals surface area contributed by atoms with Crippen LogP contribution in [0.15, 0.2) is 54.7 Å².